The molecule has 12 heteroatoms. The van der Waals surface area contributed by atoms with E-state index in [-0.39, 0.29) is 35.2 Å². The van der Waals surface area contributed by atoms with Gasteiger partial charge in [-0.2, -0.15) is 13.2 Å². The van der Waals surface area contributed by atoms with Crippen LogP contribution in [0.1, 0.15) is 15.9 Å². The quantitative estimate of drug-likeness (QED) is 0.241. The Morgan fingerprint density at radius 2 is 1.73 bits per heavy atom. The summed E-state index contributed by atoms with van der Waals surface area (Å²) in [4.78, 5) is 36.6. The van der Waals surface area contributed by atoms with Gasteiger partial charge in [0.2, 0.25) is 11.8 Å². The average molecular weight is 564 g/mol. The van der Waals surface area contributed by atoms with Crippen molar-refractivity contribution in [3.63, 3.8) is 0 Å². The Balaban J connectivity index is 1.17. The van der Waals surface area contributed by atoms with Crippen molar-refractivity contribution in [1.82, 2.24) is 9.88 Å². The molecule has 2 heterocycles. The maximum Gasteiger partial charge on any atom is 0.416 e. The van der Waals surface area contributed by atoms with Crippen molar-refractivity contribution in [2.75, 3.05) is 50.1 Å². The van der Waals surface area contributed by atoms with Crippen LogP contribution in [0.4, 0.5) is 30.2 Å². The first-order valence-corrected chi connectivity index (χ1v) is 12.6. The number of oxazole rings is 1. The second-order valence-corrected chi connectivity index (χ2v) is 9.40. The fourth-order valence-electron chi connectivity index (χ4n) is 4.59. The zero-order valence-corrected chi connectivity index (χ0v) is 21.9. The minimum atomic E-state index is -4.37. The highest BCUT2D eigenvalue weighted by Crippen LogP contribution is 2.32. The van der Waals surface area contributed by atoms with Gasteiger partial charge >= 0.3 is 12.1 Å². The van der Waals surface area contributed by atoms with Crippen molar-refractivity contribution in [3.05, 3.63) is 83.2 Å². The normalized spacial score (nSPS) is 14.1. The Labute approximate surface area is 232 Å². The number of fused-ring (bicyclic) bond motifs is 1. The number of carbonyl (C=O) groups is 2. The number of esters is 1. The molecule has 1 aliphatic rings. The van der Waals surface area contributed by atoms with E-state index >= 15 is 0 Å². The van der Waals surface area contributed by atoms with Crippen molar-refractivity contribution in [2.24, 2.45) is 0 Å². The summed E-state index contributed by atoms with van der Waals surface area (Å²) in [6.45, 7) is 9.79. The molecule has 1 saturated heterocycles. The lowest BCUT2D eigenvalue weighted by molar-refractivity contribution is -0.137. The molecule has 0 saturated carbocycles. The smallest absolute Gasteiger partial charge is 0.416 e. The minimum Gasteiger partial charge on any atom is -0.465 e. The van der Waals surface area contributed by atoms with Crippen molar-refractivity contribution in [3.8, 4) is 11.5 Å². The topological polar surface area (TPSA) is 92.3 Å². The molecule has 0 bridgehead atoms. The van der Waals surface area contributed by atoms with E-state index in [4.69, 9.17) is 15.7 Å². The van der Waals surface area contributed by atoms with Crippen LogP contribution in [0.5, 0.6) is 0 Å². The standard InChI is InChI=1S/C29H24F3N5O4/c1-33-21-15-23(28(39)40-2)26-24(16-21)35-27(41-26)18-3-7-20(8-4-18)34-25(38)17-36-11-13-37(14-12-36)22-9-5-19(6-10-22)29(30,31)32/h3-10,15-16H,11-14,17H2,2H3,(H,34,38). The van der Waals surface area contributed by atoms with Gasteiger partial charge in [-0.05, 0) is 60.7 Å². The van der Waals surface area contributed by atoms with Crippen molar-refractivity contribution in [1.29, 1.82) is 0 Å². The van der Waals surface area contributed by atoms with E-state index in [0.29, 0.717) is 42.9 Å². The van der Waals surface area contributed by atoms with E-state index in [9.17, 15) is 22.8 Å². The molecule has 5 rings (SSSR count). The largest absolute Gasteiger partial charge is 0.465 e. The van der Waals surface area contributed by atoms with Crippen molar-refractivity contribution >= 4 is 40.0 Å². The second-order valence-electron chi connectivity index (χ2n) is 9.40. The molecule has 0 atom stereocenters. The molecule has 210 valence electrons. The lowest BCUT2D eigenvalue weighted by Gasteiger charge is -2.35. The number of piperazine rings is 1. The van der Waals surface area contributed by atoms with Gasteiger partial charge in [0.1, 0.15) is 5.52 Å². The molecule has 3 aromatic carbocycles. The number of rotatable bonds is 6. The number of halogens is 3. The Morgan fingerprint density at radius 3 is 2.34 bits per heavy atom. The zero-order chi connectivity index (χ0) is 29.1. The summed E-state index contributed by atoms with van der Waals surface area (Å²) in [5, 5.41) is 2.86. The number of hydrogen-bond donors (Lipinski definition) is 1. The molecule has 1 aliphatic heterocycles. The third kappa shape index (κ3) is 6.15. The number of hydrogen-bond acceptors (Lipinski definition) is 7. The number of anilines is 2. The summed E-state index contributed by atoms with van der Waals surface area (Å²) in [6, 6.07) is 14.9. The van der Waals surface area contributed by atoms with E-state index in [2.05, 4.69) is 15.1 Å². The van der Waals surface area contributed by atoms with Gasteiger partial charge in [-0.15, -0.1) is 0 Å². The van der Waals surface area contributed by atoms with Crippen LogP contribution >= 0.6 is 0 Å². The number of amides is 1. The second kappa shape index (κ2) is 11.3. The van der Waals surface area contributed by atoms with Crippen molar-refractivity contribution in [2.45, 2.75) is 6.18 Å². The van der Waals surface area contributed by atoms with E-state index in [1.807, 2.05) is 9.80 Å². The summed E-state index contributed by atoms with van der Waals surface area (Å²) in [5.74, 6) is -0.588. The highest BCUT2D eigenvalue weighted by molar-refractivity contribution is 6.03. The molecule has 4 aromatic rings. The van der Waals surface area contributed by atoms with Crippen LogP contribution < -0.4 is 10.2 Å². The molecule has 0 radical (unpaired) electrons. The van der Waals surface area contributed by atoms with Gasteiger partial charge in [0.05, 0.1) is 31.4 Å². The van der Waals surface area contributed by atoms with Gasteiger partial charge in [-0.25, -0.2) is 14.6 Å². The van der Waals surface area contributed by atoms with Crippen LogP contribution in [0, 0.1) is 6.57 Å². The van der Waals surface area contributed by atoms with E-state index < -0.39 is 17.7 Å². The van der Waals surface area contributed by atoms with Crippen LogP contribution in [0.2, 0.25) is 0 Å². The minimum absolute atomic E-state index is 0.110. The van der Waals surface area contributed by atoms with Gasteiger partial charge in [0, 0.05) is 43.1 Å². The van der Waals surface area contributed by atoms with Gasteiger partial charge in [-0.1, -0.05) is 0 Å². The Morgan fingerprint density at radius 1 is 1.05 bits per heavy atom. The molecule has 0 aliphatic carbocycles. The van der Waals surface area contributed by atoms with Gasteiger partial charge in [-0.3, -0.25) is 9.69 Å². The third-order valence-corrected chi connectivity index (χ3v) is 6.72. The van der Waals surface area contributed by atoms with Crippen LogP contribution in [0.15, 0.2) is 65.1 Å². The number of methoxy groups -OCH3 is 1. The third-order valence-electron chi connectivity index (χ3n) is 6.72. The number of aromatic nitrogens is 1. The van der Waals surface area contributed by atoms with E-state index in [0.717, 1.165) is 17.8 Å². The molecule has 0 spiro atoms. The number of alkyl halides is 3. The number of nitrogens with zero attached hydrogens (tertiary/aromatic N) is 4. The monoisotopic (exact) mass is 563 g/mol. The summed E-state index contributed by atoms with van der Waals surface area (Å²) in [6.07, 6.45) is -4.37. The highest BCUT2D eigenvalue weighted by Gasteiger charge is 2.30. The molecular weight excluding hydrogens is 539 g/mol. The van der Waals surface area contributed by atoms with Gasteiger partial charge < -0.3 is 19.4 Å². The number of benzene rings is 3. The number of ether oxygens (including phenoxy) is 1. The fraction of sp³-hybridized carbons (Fsp3) is 0.241. The Bertz CT molecular complexity index is 1620. The van der Waals surface area contributed by atoms with E-state index in [1.165, 1.54) is 31.4 Å². The molecular formula is C29H24F3N5O4. The summed E-state index contributed by atoms with van der Waals surface area (Å²) >= 11 is 0. The first kappa shape index (κ1) is 27.7. The molecule has 1 fully saturated rings. The average Bonchev–Trinajstić information content (AvgIpc) is 3.41. The molecule has 1 aromatic heterocycles. The zero-order valence-electron chi connectivity index (χ0n) is 21.9. The van der Waals surface area contributed by atoms with Gasteiger partial charge in [0.25, 0.3) is 0 Å². The molecule has 1 N–H and O–H groups in total. The summed E-state index contributed by atoms with van der Waals surface area (Å²) in [7, 11) is 1.24. The number of carbonyl (C=O) groups excluding carboxylic acids is 2. The van der Waals surface area contributed by atoms with Crippen LogP contribution in [0.25, 0.3) is 27.4 Å². The maximum absolute atomic E-state index is 12.8. The lowest BCUT2D eigenvalue weighted by Crippen LogP contribution is -2.48. The van der Waals surface area contributed by atoms with E-state index in [1.54, 1.807) is 24.3 Å². The molecule has 0 unspecified atom stereocenters. The first-order chi connectivity index (χ1) is 19.6. The highest BCUT2D eigenvalue weighted by atomic mass is 19.4. The van der Waals surface area contributed by atoms with Crippen LogP contribution in [0.3, 0.4) is 0 Å². The maximum atomic E-state index is 12.8. The van der Waals surface area contributed by atoms with Crippen molar-refractivity contribution < 1.29 is 31.9 Å². The Hall–Kier alpha value is -4.89. The van der Waals surface area contributed by atoms with Crippen LogP contribution in [-0.4, -0.2) is 61.6 Å². The fourth-order valence-corrected chi connectivity index (χ4v) is 4.59. The molecule has 1 amide bonds. The Kier molecular flexibility index (Phi) is 7.63. The predicted molar refractivity (Wildman–Crippen MR) is 146 cm³/mol. The molecule has 9 nitrogen and oxygen atoms in total. The summed E-state index contributed by atoms with van der Waals surface area (Å²) < 4.78 is 49.1. The lowest BCUT2D eigenvalue weighted by atomic mass is 10.1. The molecule has 41 heavy (non-hydrogen) atoms. The first-order valence-electron chi connectivity index (χ1n) is 12.6. The number of nitrogens with one attached hydrogen (secondary N) is 1. The summed E-state index contributed by atoms with van der Waals surface area (Å²) in [5.41, 5.74) is 2.13. The predicted octanol–water partition coefficient (Wildman–Crippen LogP) is 5.61. The van der Waals surface area contributed by atoms with Gasteiger partial charge in [0.15, 0.2) is 11.3 Å². The van der Waals surface area contributed by atoms with Crippen LogP contribution in [-0.2, 0) is 15.7 Å². The SMILES string of the molecule is [C-]#[N+]c1cc(C(=O)OC)c2oc(-c3ccc(NC(=O)CN4CCN(c5ccc(C(F)(F)F)cc5)CC4)cc3)nc2c1.